The minimum absolute atomic E-state index is 0.0321. The zero-order valence-corrected chi connectivity index (χ0v) is 22.5. The Bertz CT molecular complexity index is 1670. The van der Waals surface area contributed by atoms with Crippen molar-refractivity contribution in [1.29, 1.82) is 0 Å². The maximum Gasteiger partial charge on any atom is 0.196 e. The van der Waals surface area contributed by atoms with Crippen LogP contribution in [0.3, 0.4) is 0 Å². The van der Waals surface area contributed by atoms with Gasteiger partial charge in [-0.05, 0) is 42.5 Å². The molecule has 0 atom stereocenters. The molecule has 202 valence electrons. The Morgan fingerprint density at radius 1 is 0.975 bits per heavy atom. The molecular weight excluding hydrogens is 528 g/mol. The third kappa shape index (κ3) is 4.49. The van der Waals surface area contributed by atoms with Gasteiger partial charge in [0.15, 0.2) is 11.5 Å². The second-order valence-corrected chi connectivity index (χ2v) is 10.4. The highest BCUT2D eigenvalue weighted by Crippen LogP contribution is 2.46. The zero-order chi connectivity index (χ0) is 27.1. The van der Waals surface area contributed by atoms with E-state index in [9.17, 15) is 4.79 Å². The van der Waals surface area contributed by atoms with Crippen molar-refractivity contribution >= 4 is 39.7 Å². The molecule has 7 rings (SSSR count). The summed E-state index contributed by atoms with van der Waals surface area (Å²) in [7, 11) is 0. The lowest BCUT2D eigenvalue weighted by atomic mass is 9.86. The van der Waals surface area contributed by atoms with E-state index in [1.165, 1.54) is 0 Å². The highest BCUT2D eigenvalue weighted by atomic mass is 35.5. The van der Waals surface area contributed by atoms with Crippen LogP contribution in [-0.4, -0.2) is 55.2 Å². The molecule has 1 N–H and O–H groups in total. The number of benzene rings is 3. The number of nitrogens with one attached hydrogen (secondary N) is 1. The molecule has 0 saturated carbocycles. The Labute approximate surface area is 236 Å². The van der Waals surface area contributed by atoms with Gasteiger partial charge in [-0.3, -0.25) is 9.69 Å². The fourth-order valence-electron chi connectivity index (χ4n) is 5.55. The summed E-state index contributed by atoms with van der Waals surface area (Å²) in [5.74, 6) is 2.22. The number of fused-ring (bicyclic) bond motifs is 2. The summed E-state index contributed by atoms with van der Waals surface area (Å²) in [5, 5.41) is 9.42. The number of piperazine rings is 1. The van der Waals surface area contributed by atoms with Crippen molar-refractivity contribution in [2.24, 2.45) is 0 Å². The van der Waals surface area contributed by atoms with Crippen LogP contribution in [0.15, 0.2) is 81.9 Å². The first kappa shape index (κ1) is 24.7. The van der Waals surface area contributed by atoms with Crippen molar-refractivity contribution in [3.8, 4) is 17.1 Å². The Morgan fingerprint density at radius 3 is 2.55 bits per heavy atom. The summed E-state index contributed by atoms with van der Waals surface area (Å²) >= 11 is 5.97. The van der Waals surface area contributed by atoms with E-state index in [-0.39, 0.29) is 5.78 Å². The molecule has 0 amide bonds. The Morgan fingerprint density at radius 2 is 1.77 bits per heavy atom. The number of anilines is 2. The highest BCUT2D eigenvalue weighted by molar-refractivity contribution is 6.30. The number of ketones is 1. The summed E-state index contributed by atoms with van der Waals surface area (Å²) in [5.41, 5.74) is 4.43. The molecule has 1 fully saturated rings. The number of furan rings is 1. The van der Waals surface area contributed by atoms with Crippen molar-refractivity contribution in [3.05, 3.63) is 94.9 Å². The molecular formula is C31H27ClN4O4. The van der Waals surface area contributed by atoms with E-state index >= 15 is 0 Å². The van der Waals surface area contributed by atoms with E-state index in [4.69, 9.17) is 25.3 Å². The molecule has 3 aromatic carbocycles. The van der Waals surface area contributed by atoms with E-state index < -0.39 is 0 Å². The van der Waals surface area contributed by atoms with E-state index in [1.807, 2.05) is 66.7 Å². The Kier molecular flexibility index (Phi) is 6.42. The monoisotopic (exact) mass is 554 g/mol. The normalized spacial score (nSPS) is 14.9. The molecule has 8 nitrogen and oxygen atoms in total. The molecule has 9 heteroatoms. The number of ether oxygens (including phenoxy) is 1. The first-order valence-corrected chi connectivity index (χ1v) is 13.8. The van der Waals surface area contributed by atoms with Gasteiger partial charge in [0.05, 0.1) is 29.4 Å². The lowest BCUT2D eigenvalue weighted by Gasteiger charge is -2.36. The van der Waals surface area contributed by atoms with Crippen molar-refractivity contribution in [1.82, 2.24) is 10.1 Å². The number of hydrogen-bond acceptors (Lipinski definition) is 8. The first-order chi connectivity index (χ1) is 19.7. The number of carbonyl (C=O) groups excluding carboxylic acids is 1. The third-order valence-corrected chi connectivity index (χ3v) is 7.87. The number of rotatable bonds is 8. The summed E-state index contributed by atoms with van der Waals surface area (Å²) in [6, 6.07) is 20.8. The van der Waals surface area contributed by atoms with Gasteiger partial charge < -0.3 is 23.9 Å². The lowest BCUT2D eigenvalue weighted by molar-refractivity contribution is 0.104. The van der Waals surface area contributed by atoms with Crippen LogP contribution in [0.1, 0.15) is 21.7 Å². The van der Waals surface area contributed by atoms with Crippen LogP contribution in [0.2, 0.25) is 5.02 Å². The van der Waals surface area contributed by atoms with Gasteiger partial charge >= 0.3 is 0 Å². The topological polar surface area (TPSA) is 84.0 Å². The van der Waals surface area contributed by atoms with Crippen LogP contribution in [0.25, 0.3) is 22.2 Å². The molecule has 0 spiro atoms. The van der Waals surface area contributed by atoms with E-state index in [1.54, 1.807) is 6.26 Å². The Hall–Kier alpha value is -4.27. The van der Waals surface area contributed by atoms with Gasteiger partial charge in [0.1, 0.15) is 23.6 Å². The second-order valence-electron chi connectivity index (χ2n) is 9.99. The van der Waals surface area contributed by atoms with Crippen LogP contribution in [0.5, 0.6) is 5.75 Å². The molecule has 5 aromatic rings. The molecule has 1 aliphatic heterocycles. The average molecular weight is 555 g/mol. The summed E-state index contributed by atoms with van der Waals surface area (Å²) in [6.45, 7) is 5.31. The molecule has 2 aromatic heterocycles. The highest BCUT2D eigenvalue weighted by Gasteiger charge is 2.34. The predicted molar refractivity (Wildman–Crippen MR) is 155 cm³/mol. The van der Waals surface area contributed by atoms with E-state index in [2.05, 4.69) is 20.3 Å². The third-order valence-electron chi connectivity index (χ3n) is 7.61. The van der Waals surface area contributed by atoms with Crippen molar-refractivity contribution < 1.29 is 18.5 Å². The van der Waals surface area contributed by atoms with Gasteiger partial charge in [-0.15, -0.1) is 0 Å². The fraction of sp³-hybridized carbons (Fsp3) is 0.226. The Balaban J connectivity index is 1.15. The quantitative estimate of drug-likeness (QED) is 0.242. The SMILES string of the molecule is O=C1c2ccccc2-c2onc3c(N4CCN(CCOc5ccc(Cl)cc5)CC4)cc(NCc4ccco4)c1c23. The van der Waals surface area contributed by atoms with Gasteiger partial charge in [0.2, 0.25) is 0 Å². The van der Waals surface area contributed by atoms with Crippen LogP contribution in [0, 0.1) is 0 Å². The number of carbonyl (C=O) groups is 1. The molecule has 0 radical (unpaired) electrons. The number of halogens is 1. The smallest absolute Gasteiger partial charge is 0.196 e. The van der Waals surface area contributed by atoms with E-state index in [0.29, 0.717) is 35.1 Å². The molecule has 1 saturated heterocycles. The second kappa shape index (κ2) is 10.4. The number of aromatic nitrogens is 1. The van der Waals surface area contributed by atoms with Crippen LogP contribution < -0.4 is 15.0 Å². The van der Waals surface area contributed by atoms with Gasteiger partial charge in [-0.1, -0.05) is 41.0 Å². The largest absolute Gasteiger partial charge is 0.492 e. The predicted octanol–water partition coefficient (Wildman–Crippen LogP) is 6.10. The molecule has 3 heterocycles. The zero-order valence-electron chi connectivity index (χ0n) is 21.7. The van der Waals surface area contributed by atoms with Gasteiger partial charge in [-0.25, -0.2) is 0 Å². The lowest BCUT2D eigenvalue weighted by Crippen LogP contribution is -2.47. The summed E-state index contributed by atoms with van der Waals surface area (Å²) in [6.07, 6.45) is 1.65. The van der Waals surface area contributed by atoms with Crippen molar-refractivity contribution in [2.75, 3.05) is 49.5 Å². The minimum atomic E-state index is -0.0321. The first-order valence-electron chi connectivity index (χ1n) is 13.4. The van der Waals surface area contributed by atoms with Gasteiger partial charge in [0.25, 0.3) is 0 Å². The summed E-state index contributed by atoms with van der Waals surface area (Å²) < 4.78 is 17.4. The van der Waals surface area contributed by atoms with E-state index in [0.717, 1.165) is 72.1 Å². The van der Waals surface area contributed by atoms with Crippen molar-refractivity contribution in [2.45, 2.75) is 6.54 Å². The maximum atomic E-state index is 13.8. The maximum absolute atomic E-state index is 13.8. The molecule has 40 heavy (non-hydrogen) atoms. The number of hydrogen-bond donors (Lipinski definition) is 1. The van der Waals surface area contributed by atoms with Crippen molar-refractivity contribution in [3.63, 3.8) is 0 Å². The average Bonchev–Trinajstić information content (AvgIpc) is 3.67. The minimum Gasteiger partial charge on any atom is -0.492 e. The fourth-order valence-corrected chi connectivity index (χ4v) is 5.68. The molecule has 0 bridgehead atoms. The summed E-state index contributed by atoms with van der Waals surface area (Å²) in [4.78, 5) is 18.5. The standard InChI is InChI=1S/C31H27ClN4O4/c32-20-7-9-21(10-8-20)39-17-15-35-11-13-36(14-12-35)26-18-25(33-19-22-4-3-16-38-22)27-28-29(26)34-40-31(28)24-6-2-1-5-23(24)30(27)37/h1-10,16,18,33H,11-15,17,19H2. The molecule has 2 aliphatic rings. The molecule has 0 unspecified atom stereocenters. The van der Waals surface area contributed by atoms with Gasteiger partial charge in [0, 0.05) is 54.6 Å². The molecule has 1 aliphatic carbocycles. The van der Waals surface area contributed by atoms with Crippen LogP contribution in [-0.2, 0) is 6.54 Å². The van der Waals surface area contributed by atoms with Crippen LogP contribution in [0.4, 0.5) is 11.4 Å². The van der Waals surface area contributed by atoms with Gasteiger partial charge in [-0.2, -0.15) is 0 Å². The number of nitrogens with zero attached hydrogens (tertiary/aromatic N) is 3. The van der Waals surface area contributed by atoms with Crippen LogP contribution >= 0.6 is 11.6 Å².